The van der Waals surface area contributed by atoms with Crippen LogP contribution in [-0.4, -0.2) is 73.4 Å². The first kappa shape index (κ1) is 28.1. The summed E-state index contributed by atoms with van der Waals surface area (Å²) in [4.78, 5) is 38.6. The minimum absolute atomic E-state index is 0.0342. The van der Waals surface area contributed by atoms with Gasteiger partial charge in [-0.2, -0.15) is 4.31 Å². The Hall–Kier alpha value is -3.44. The first-order valence-corrected chi connectivity index (χ1v) is 13.4. The molecule has 0 bridgehead atoms. The molecular weight excluding hydrogens is 498 g/mol. The highest BCUT2D eigenvalue weighted by Gasteiger charge is 2.50. The van der Waals surface area contributed by atoms with Crippen molar-refractivity contribution in [2.75, 3.05) is 21.1 Å². The Bertz CT molecular complexity index is 1240. The van der Waals surface area contributed by atoms with Gasteiger partial charge in [0.2, 0.25) is 15.9 Å². The monoisotopic (exact) mass is 531 g/mol. The predicted molar refractivity (Wildman–Crippen MR) is 137 cm³/mol. The smallest absolute Gasteiger partial charge is 0.414 e. The molecule has 2 N–H and O–H groups in total. The summed E-state index contributed by atoms with van der Waals surface area (Å²) >= 11 is 0. The Morgan fingerprint density at radius 1 is 1.00 bits per heavy atom. The second kappa shape index (κ2) is 11.3. The molecule has 2 amide bonds. The van der Waals surface area contributed by atoms with Gasteiger partial charge in [0.1, 0.15) is 17.3 Å². The molecule has 10 nitrogen and oxygen atoms in total. The van der Waals surface area contributed by atoms with Gasteiger partial charge in [-0.05, 0) is 49.6 Å². The highest BCUT2D eigenvalue weighted by molar-refractivity contribution is 7.89. The second-order valence-electron chi connectivity index (χ2n) is 9.50. The number of nitrogens with one attached hydrogen (secondary N) is 1. The Morgan fingerprint density at radius 3 is 2.08 bits per heavy atom. The Kier molecular flexibility index (Phi) is 8.60. The quantitative estimate of drug-likeness (QED) is 0.508. The normalized spacial score (nSPS) is 15.7. The van der Waals surface area contributed by atoms with Gasteiger partial charge >= 0.3 is 12.1 Å². The Labute approximate surface area is 217 Å². The van der Waals surface area contributed by atoms with Gasteiger partial charge in [-0.1, -0.05) is 42.7 Å². The average molecular weight is 532 g/mol. The second-order valence-corrected chi connectivity index (χ2v) is 11.5. The molecule has 0 spiro atoms. The molecule has 0 aromatic heterocycles. The van der Waals surface area contributed by atoms with Gasteiger partial charge < -0.3 is 20.1 Å². The number of benzene rings is 2. The van der Waals surface area contributed by atoms with E-state index < -0.39 is 39.6 Å². The lowest BCUT2D eigenvalue weighted by Gasteiger charge is -2.37. The van der Waals surface area contributed by atoms with Crippen LogP contribution >= 0.6 is 0 Å². The van der Waals surface area contributed by atoms with Gasteiger partial charge in [0.05, 0.1) is 4.90 Å². The van der Waals surface area contributed by atoms with Crippen molar-refractivity contribution in [3.63, 3.8) is 0 Å². The van der Waals surface area contributed by atoms with E-state index in [0.717, 1.165) is 9.87 Å². The van der Waals surface area contributed by atoms with Crippen LogP contribution in [0.1, 0.15) is 36.8 Å². The number of nitrogens with zero attached hydrogens (tertiary/aromatic N) is 2. The van der Waals surface area contributed by atoms with Crippen LogP contribution in [0.3, 0.4) is 0 Å². The first-order valence-electron chi connectivity index (χ1n) is 11.9. The number of carbonyl (C=O) groups is 3. The highest BCUT2D eigenvalue weighted by atomic mass is 32.2. The zero-order valence-corrected chi connectivity index (χ0v) is 22.2. The molecule has 0 unspecified atom stereocenters. The van der Waals surface area contributed by atoms with Gasteiger partial charge in [-0.25, -0.2) is 18.0 Å². The number of rotatable bonds is 9. The average Bonchev–Trinajstić information content (AvgIpc) is 3.35. The summed E-state index contributed by atoms with van der Waals surface area (Å²) in [5.74, 6) is -1.58. The molecule has 1 atom stereocenters. The van der Waals surface area contributed by atoms with Gasteiger partial charge in [-0.3, -0.25) is 4.79 Å². The van der Waals surface area contributed by atoms with E-state index in [1.807, 2.05) is 6.92 Å². The summed E-state index contributed by atoms with van der Waals surface area (Å²) < 4.78 is 33.0. The predicted octanol–water partition coefficient (Wildman–Crippen LogP) is 2.80. The zero-order valence-electron chi connectivity index (χ0n) is 21.4. The van der Waals surface area contributed by atoms with E-state index in [-0.39, 0.29) is 11.3 Å². The lowest BCUT2D eigenvalue weighted by Crippen LogP contribution is -2.60. The minimum atomic E-state index is -4.00. The standard InChI is InChI=1S/C26H33N3O7S/c1-18-7-13-21(14-8-18)37(34,35)29(4)26(15-5-6-16-26)24(32)27-22(23(30)31)17-19-9-11-20(12-10-19)36-25(33)28(2)3/h7-14,22H,5-6,15-17H2,1-4H3,(H,27,32)(H,30,31)/t22-/m1/s1. The van der Waals surface area contributed by atoms with E-state index in [1.54, 1.807) is 38.4 Å². The number of aryl methyl sites for hydroxylation is 1. The number of hydrogen-bond acceptors (Lipinski definition) is 6. The number of sulfonamides is 1. The molecule has 2 aromatic rings. The summed E-state index contributed by atoms with van der Waals surface area (Å²) in [7, 11) is 0.486. The van der Waals surface area contributed by atoms with Crippen LogP contribution in [0.5, 0.6) is 5.75 Å². The largest absolute Gasteiger partial charge is 0.480 e. The fourth-order valence-corrected chi connectivity index (χ4v) is 5.88. The van der Waals surface area contributed by atoms with Crippen molar-refractivity contribution in [3.8, 4) is 5.75 Å². The van der Waals surface area contributed by atoms with Crippen molar-refractivity contribution in [2.45, 2.75) is 55.5 Å². The van der Waals surface area contributed by atoms with Crippen LogP contribution in [0.15, 0.2) is 53.4 Å². The van der Waals surface area contributed by atoms with Gasteiger partial charge in [0.25, 0.3) is 0 Å². The zero-order chi connectivity index (χ0) is 27.4. The molecule has 0 heterocycles. The van der Waals surface area contributed by atoms with Crippen LogP contribution in [0.25, 0.3) is 0 Å². The van der Waals surface area contributed by atoms with Crippen molar-refractivity contribution < 1.29 is 32.6 Å². The lowest BCUT2D eigenvalue weighted by molar-refractivity contribution is -0.143. The third-order valence-electron chi connectivity index (χ3n) is 6.67. The van der Waals surface area contributed by atoms with E-state index in [2.05, 4.69) is 5.32 Å². The third kappa shape index (κ3) is 6.28. The van der Waals surface area contributed by atoms with E-state index in [1.165, 1.54) is 36.2 Å². The fraction of sp³-hybridized carbons (Fsp3) is 0.423. The first-order chi connectivity index (χ1) is 17.4. The SMILES string of the molecule is Cc1ccc(S(=O)(=O)N(C)C2(C(=O)N[C@H](Cc3ccc(OC(=O)N(C)C)cc3)C(=O)O)CCCC2)cc1. The van der Waals surface area contributed by atoms with Crippen molar-refractivity contribution in [2.24, 2.45) is 0 Å². The summed E-state index contributed by atoms with van der Waals surface area (Å²) in [5.41, 5.74) is 0.114. The molecular formula is C26H33N3O7S. The third-order valence-corrected chi connectivity index (χ3v) is 8.61. The van der Waals surface area contributed by atoms with Crippen LogP contribution in [0, 0.1) is 6.92 Å². The number of carboxylic acids is 1. The number of aliphatic carboxylic acids is 1. The minimum Gasteiger partial charge on any atom is -0.480 e. The molecule has 3 rings (SSSR count). The van der Waals surface area contributed by atoms with Gasteiger partial charge in [-0.15, -0.1) is 0 Å². The molecule has 0 radical (unpaired) electrons. The van der Waals surface area contributed by atoms with Crippen LogP contribution < -0.4 is 10.1 Å². The lowest BCUT2D eigenvalue weighted by atomic mass is 9.95. The molecule has 200 valence electrons. The summed E-state index contributed by atoms with van der Waals surface area (Å²) in [5, 5.41) is 12.4. The number of likely N-dealkylation sites (N-methyl/N-ethyl adjacent to an activating group) is 1. The van der Waals surface area contributed by atoms with Crippen molar-refractivity contribution in [3.05, 3.63) is 59.7 Å². The van der Waals surface area contributed by atoms with E-state index >= 15 is 0 Å². The number of ether oxygens (including phenoxy) is 1. The molecule has 0 saturated heterocycles. The molecule has 1 saturated carbocycles. The summed E-state index contributed by atoms with van der Waals surface area (Å²) in [6.07, 6.45) is 1.29. The van der Waals surface area contributed by atoms with Crippen molar-refractivity contribution in [1.29, 1.82) is 0 Å². The topological polar surface area (TPSA) is 133 Å². The van der Waals surface area contributed by atoms with E-state index in [4.69, 9.17) is 4.74 Å². The highest BCUT2D eigenvalue weighted by Crippen LogP contribution is 2.38. The van der Waals surface area contributed by atoms with Crippen LogP contribution in [0.2, 0.25) is 0 Å². The maximum absolute atomic E-state index is 13.5. The fourth-order valence-electron chi connectivity index (χ4n) is 4.36. The molecule has 2 aromatic carbocycles. The van der Waals surface area contributed by atoms with Crippen LogP contribution in [-0.2, 0) is 26.0 Å². The Balaban J connectivity index is 1.79. The van der Waals surface area contributed by atoms with Gasteiger partial charge in [0.15, 0.2) is 0 Å². The number of amides is 2. The van der Waals surface area contributed by atoms with Crippen molar-refractivity contribution in [1.82, 2.24) is 14.5 Å². The Morgan fingerprint density at radius 2 is 1.57 bits per heavy atom. The summed E-state index contributed by atoms with van der Waals surface area (Å²) in [6.45, 7) is 1.85. The van der Waals surface area contributed by atoms with E-state index in [9.17, 15) is 27.9 Å². The number of hydrogen-bond donors (Lipinski definition) is 2. The maximum atomic E-state index is 13.5. The molecule has 1 aliphatic rings. The van der Waals surface area contributed by atoms with Crippen LogP contribution in [0.4, 0.5) is 4.79 Å². The summed E-state index contributed by atoms with van der Waals surface area (Å²) in [6, 6.07) is 11.4. The van der Waals surface area contributed by atoms with Crippen molar-refractivity contribution >= 4 is 28.0 Å². The molecule has 37 heavy (non-hydrogen) atoms. The molecule has 11 heteroatoms. The molecule has 0 aliphatic heterocycles. The van der Waals surface area contributed by atoms with Gasteiger partial charge in [0, 0.05) is 27.6 Å². The maximum Gasteiger partial charge on any atom is 0.414 e. The molecule has 1 aliphatic carbocycles. The number of carbonyl (C=O) groups excluding carboxylic acids is 2. The van der Waals surface area contributed by atoms with E-state index in [0.29, 0.717) is 37.0 Å². The number of carboxylic acid groups (broad SMARTS) is 1. The molecule has 1 fully saturated rings.